The van der Waals surface area contributed by atoms with E-state index >= 15 is 0 Å². The van der Waals surface area contributed by atoms with Crippen LogP contribution in [-0.2, 0) is 6.54 Å². The number of Topliss-reactive ketones (excluding diaryl/α,β-unsaturated/α-hetero) is 2. The van der Waals surface area contributed by atoms with Crippen molar-refractivity contribution in [3.8, 4) is 0 Å². The third-order valence-electron chi connectivity index (χ3n) is 3.10. The van der Waals surface area contributed by atoms with Crippen molar-refractivity contribution in [3.63, 3.8) is 0 Å². The third-order valence-corrected chi connectivity index (χ3v) is 3.97. The van der Waals surface area contributed by atoms with Crippen LogP contribution in [0.15, 0.2) is 46.8 Å². The van der Waals surface area contributed by atoms with Crippen molar-refractivity contribution in [2.75, 3.05) is 0 Å². The molecule has 0 radical (unpaired) electrons. The molecule has 0 bridgehead atoms. The zero-order valence-electron chi connectivity index (χ0n) is 10.1. The molecule has 94 valence electrons. The molecular formula is C15H11NO2S. The van der Waals surface area contributed by atoms with E-state index in [9.17, 15) is 9.59 Å². The lowest BCUT2D eigenvalue weighted by Crippen LogP contribution is -2.16. The molecule has 1 aromatic carbocycles. The molecule has 1 heterocycles. The highest BCUT2D eigenvalue weighted by atomic mass is 32.1. The summed E-state index contributed by atoms with van der Waals surface area (Å²) in [6.07, 6.45) is 1.49. The molecule has 1 aromatic heterocycles. The van der Waals surface area contributed by atoms with Gasteiger partial charge in [0.25, 0.3) is 0 Å². The van der Waals surface area contributed by atoms with Gasteiger partial charge in [-0.05, 0) is 11.4 Å². The number of carbonyl (C=O) groups excluding carboxylic acids is 2. The molecule has 0 fully saturated rings. The Morgan fingerprint density at radius 1 is 1.05 bits per heavy atom. The maximum absolute atomic E-state index is 12.1. The lowest BCUT2D eigenvalue weighted by atomic mass is 10.1. The van der Waals surface area contributed by atoms with Gasteiger partial charge in [-0.1, -0.05) is 30.3 Å². The van der Waals surface area contributed by atoms with Crippen LogP contribution in [0.1, 0.15) is 25.6 Å². The fourth-order valence-corrected chi connectivity index (χ4v) is 2.79. The average Bonchev–Trinajstić information content (AvgIpc) is 3.02. The lowest BCUT2D eigenvalue weighted by Gasteiger charge is -1.97. The number of rotatable bonds is 3. The Bertz CT molecular complexity index is 624. The molecule has 1 aliphatic rings. The summed E-state index contributed by atoms with van der Waals surface area (Å²) in [6.45, 7) is 0.519. The van der Waals surface area contributed by atoms with Gasteiger partial charge in [0.2, 0.25) is 0 Å². The highest BCUT2D eigenvalue weighted by Gasteiger charge is 2.36. The van der Waals surface area contributed by atoms with Crippen molar-refractivity contribution >= 4 is 29.1 Å². The molecule has 0 unspecified atom stereocenters. The summed E-state index contributed by atoms with van der Waals surface area (Å²) in [7, 11) is 0. The van der Waals surface area contributed by atoms with Gasteiger partial charge in [-0.25, -0.2) is 0 Å². The van der Waals surface area contributed by atoms with Crippen LogP contribution in [0.4, 0.5) is 0 Å². The molecule has 2 aromatic rings. The first-order valence-electron chi connectivity index (χ1n) is 5.97. The molecule has 19 heavy (non-hydrogen) atoms. The van der Waals surface area contributed by atoms with E-state index in [0.717, 1.165) is 4.88 Å². The average molecular weight is 269 g/mol. The minimum atomic E-state index is -0.739. The first-order chi connectivity index (χ1) is 9.27. The molecular weight excluding hydrogens is 258 g/mol. The van der Waals surface area contributed by atoms with Crippen LogP contribution in [0, 0.1) is 5.92 Å². The first-order valence-corrected chi connectivity index (χ1v) is 6.85. The molecule has 0 aliphatic heterocycles. The Morgan fingerprint density at radius 3 is 2.32 bits per heavy atom. The van der Waals surface area contributed by atoms with Crippen LogP contribution < -0.4 is 0 Å². The van der Waals surface area contributed by atoms with Gasteiger partial charge in [0.1, 0.15) is 5.92 Å². The number of hydrogen-bond acceptors (Lipinski definition) is 4. The van der Waals surface area contributed by atoms with Crippen LogP contribution in [0.25, 0.3) is 0 Å². The zero-order valence-corrected chi connectivity index (χ0v) is 10.9. The van der Waals surface area contributed by atoms with Gasteiger partial charge in [-0.15, -0.1) is 11.3 Å². The second-order valence-electron chi connectivity index (χ2n) is 4.32. The Labute approximate surface area is 114 Å². The third kappa shape index (κ3) is 2.15. The Morgan fingerprint density at radius 2 is 1.74 bits per heavy atom. The number of hydrogen-bond donors (Lipinski definition) is 0. The van der Waals surface area contributed by atoms with E-state index in [-0.39, 0.29) is 11.6 Å². The zero-order chi connectivity index (χ0) is 13.2. The van der Waals surface area contributed by atoms with E-state index < -0.39 is 5.92 Å². The minimum absolute atomic E-state index is 0.143. The molecule has 3 nitrogen and oxygen atoms in total. The summed E-state index contributed by atoms with van der Waals surface area (Å²) in [5.41, 5.74) is 1.03. The van der Waals surface area contributed by atoms with E-state index in [1.807, 2.05) is 17.5 Å². The molecule has 0 N–H and O–H groups in total. The number of ketones is 2. The highest BCUT2D eigenvalue weighted by molar-refractivity contribution is 7.09. The smallest absolute Gasteiger partial charge is 0.179 e. The maximum atomic E-state index is 12.1. The van der Waals surface area contributed by atoms with E-state index in [2.05, 4.69) is 4.99 Å². The second kappa shape index (κ2) is 4.90. The fourth-order valence-electron chi connectivity index (χ4n) is 2.15. The van der Waals surface area contributed by atoms with E-state index in [4.69, 9.17) is 0 Å². The van der Waals surface area contributed by atoms with E-state index in [1.165, 1.54) is 6.21 Å². The number of thiophene rings is 1. The predicted molar refractivity (Wildman–Crippen MR) is 75.1 cm³/mol. The van der Waals surface area contributed by atoms with Crippen LogP contribution in [-0.4, -0.2) is 17.8 Å². The topological polar surface area (TPSA) is 46.5 Å². The van der Waals surface area contributed by atoms with E-state index in [0.29, 0.717) is 17.7 Å². The SMILES string of the molecule is O=C1c2ccccc2C(=O)C1C=NCc1cccs1. The summed E-state index contributed by atoms with van der Waals surface area (Å²) in [5, 5.41) is 1.98. The number of fused-ring (bicyclic) bond motifs is 1. The van der Waals surface area contributed by atoms with Gasteiger partial charge in [0, 0.05) is 22.2 Å². The molecule has 3 rings (SSSR count). The second-order valence-corrected chi connectivity index (χ2v) is 5.35. The molecule has 0 atom stereocenters. The normalized spacial score (nSPS) is 15.4. The molecule has 0 saturated carbocycles. The molecule has 0 amide bonds. The van der Waals surface area contributed by atoms with Crippen LogP contribution in [0.3, 0.4) is 0 Å². The van der Waals surface area contributed by atoms with Crippen molar-refractivity contribution in [1.82, 2.24) is 0 Å². The summed E-state index contributed by atoms with van der Waals surface area (Å²) in [5.74, 6) is -1.02. The monoisotopic (exact) mass is 269 g/mol. The first kappa shape index (κ1) is 12.0. The van der Waals surface area contributed by atoms with Crippen molar-refractivity contribution < 1.29 is 9.59 Å². The number of carbonyl (C=O) groups is 2. The van der Waals surface area contributed by atoms with Crippen molar-refractivity contribution in [2.45, 2.75) is 6.54 Å². The van der Waals surface area contributed by atoms with Gasteiger partial charge in [-0.2, -0.15) is 0 Å². The molecule has 4 heteroatoms. The Hall–Kier alpha value is -2.07. The predicted octanol–water partition coefficient (Wildman–Crippen LogP) is 3.01. The van der Waals surface area contributed by atoms with Crippen molar-refractivity contribution in [1.29, 1.82) is 0 Å². The molecule has 0 spiro atoms. The highest BCUT2D eigenvalue weighted by Crippen LogP contribution is 2.25. The van der Waals surface area contributed by atoms with Gasteiger partial charge >= 0.3 is 0 Å². The number of nitrogens with zero attached hydrogens (tertiary/aromatic N) is 1. The van der Waals surface area contributed by atoms with Crippen LogP contribution in [0.2, 0.25) is 0 Å². The largest absolute Gasteiger partial charge is 0.293 e. The van der Waals surface area contributed by atoms with Crippen LogP contribution in [0.5, 0.6) is 0 Å². The Kier molecular flexibility index (Phi) is 3.09. The van der Waals surface area contributed by atoms with E-state index in [1.54, 1.807) is 35.6 Å². The van der Waals surface area contributed by atoms with Crippen LogP contribution >= 0.6 is 11.3 Å². The fraction of sp³-hybridized carbons (Fsp3) is 0.133. The van der Waals surface area contributed by atoms with Crippen molar-refractivity contribution in [3.05, 3.63) is 57.8 Å². The van der Waals surface area contributed by atoms with Gasteiger partial charge in [0.15, 0.2) is 11.6 Å². The lowest BCUT2D eigenvalue weighted by molar-refractivity contribution is 0.0886. The van der Waals surface area contributed by atoms with Crippen molar-refractivity contribution in [2.24, 2.45) is 10.9 Å². The molecule has 0 saturated heterocycles. The van der Waals surface area contributed by atoms with Gasteiger partial charge < -0.3 is 0 Å². The summed E-state index contributed by atoms with van der Waals surface area (Å²) in [6, 6.07) is 10.9. The number of benzene rings is 1. The summed E-state index contributed by atoms with van der Waals surface area (Å²) in [4.78, 5) is 29.5. The molecule has 1 aliphatic carbocycles. The summed E-state index contributed by atoms with van der Waals surface area (Å²) < 4.78 is 0. The van der Waals surface area contributed by atoms with Gasteiger partial charge in [-0.3, -0.25) is 14.6 Å². The maximum Gasteiger partial charge on any atom is 0.179 e. The number of aliphatic imine (C=N–C) groups is 1. The summed E-state index contributed by atoms with van der Waals surface area (Å²) >= 11 is 1.61. The quantitative estimate of drug-likeness (QED) is 0.635. The minimum Gasteiger partial charge on any atom is -0.293 e. The standard InChI is InChI=1S/C15H11NO2S/c17-14-11-5-1-2-6-12(11)15(18)13(14)9-16-8-10-4-3-7-19-10/h1-7,9,13H,8H2. The Balaban J connectivity index is 1.79. The van der Waals surface area contributed by atoms with Gasteiger partial charge in [0.05, 0.1) is 6.54 Å².